The molecule has 3 rings (SSSR count). The summed E-state index contributed by atoms with van der Waals surface area (Å²) in [5.74, 6) is 0.820. The van der Waals surface area contributed by atoms with Crippen molar-refractivity contribution in [2.24, 2.45) is 0 Å². The van der Waals surface area contributed by atoms with E-state index in [0.29, 0.717) is 32.5 Å². The monoisotopic (exact) mass is 305 g/mol. The Labute approximate surface area is 117 Å². The van der Waals surface area contributed by atoms with Gasteiger partial charge >= 0.3 is 0 Å². The zero-order valence-corrected chi connectivity index (χ0v) is 11.8. The summed E-state index contributed by atoms with van der Waals surface area (Å²) in [6.45, 7) is 2.94. The topological polar surface area (TPSA) is 125 Å². The third-order valence-electron chi connectivity index (χ3n) is 3.39. The van der Waals surface area contributed by atoms with Crippen LogP contribution in [-0.4, -0.2) is 48.1 Å². The molecular formula is C11H19N3O5S. The third-order valence-corrected chi connectivity index (χ3v) is 4.71. The van der Waals surface area contributed by atoms with E-state index in [-0.39, 0.29) is 5.88 Å². The molecule has 1 saturated heterocycles. The van der Waals surface area contributed by atoms with E-state index in [9.17, 15) is 8.42 Å². The lowest BCUT2D eigenvalue weighted by Crippen LogP contribution is -2.35. The lowest BCUT2D eigenvalue weighted by atomic mass is 10.1. The van der Waals surface area contributed by atoms with Gasteiger partial charge in [-0.15, -0.1) is 0 Å². The quantitative estimate of drug-likeness (QED) is 0.519. The molecule has 0 atom stereocenters. The summed E-state index contributed by atoms with van der Waals surface area (Å²) in [6, 6.07) is 0. The number of aromatic hydroxyl groups is 1. The summed E-state index contributed by atoms with van der Waals surface area (Å²) in [4.78, 5) is 0. The molecule has 2 aliphatic rings. The minimum absolute atomic E-state index is 0.0523. The van der Waals surface area contributed by atoms with E-state index in [1.165, 1.54) is 0 Å². The SMILES string of the molecule is O=S(=O)(O)C1CCNCC1.Oc1noc2c1CCNC2. The average Bonchev–Trinajstić information content (AvgIpc) is 2.82. The van der Waals surface area contributed by atoms with Crippen molar-refractivity contribution < 1.29 is 22.6 Å². The van der Waals surface area contributed by atoms with Crippen LogP contribution in [0.3, 0.4) is 0 Å². The average molecular weight is 305 g/mol. The predicted molar refractivity (Wildman–Crippen MR) is 71.0 cm³/mol. The second-order valence-electron chi connectivity index (χ2n) is 4.80. The van der Waals surface area contributed by atoms with Gasteiger partial charge in [-0.3, -0.25) is 4.55 Å². The number of nitrogens with zero attached hydrogens (tertiary/aromatic N) is 1. The first kappa shape index (κ1) is 15.2. The molecule has 0 aliphatic carbocycles. The molecule has 1 fully saturated rings. The van der Waals surface area contributed by atoms with Crippen LogP contribution in [0.25, 0.3) is 0 Å². The van der Waals surface area contributed by atoms with Crippen LogP contribution in [0.5, 0.6) is 5.88 Å². The number of fused-ring (bicyclic) bond motifs is 1. The molecule has 8 nitrogen and oxygen atoms in total. The number of nitrogens with one attached hydrogen (secondary N) is 2. The Hall–Kier alpha value is -1.16. The van der Waals surface area contributed by atoms with Crippen LogP contribution < -0.4 is 10.6 Å². The lowest BCUT2D eigenvalue weighted by molar-refractivity contribution is 0.336. The largest absolute Gasteiger partial charge is 0.491 e. The molecule has 20 heavy (non-hydrogen) atoms. The van der Waals surface area contributed by atoms with E-state index in [4.69, 9.17) is 14.2 Å². The summed E-state index contributed by atoms with van der Waals surface area (Å²) in [6.07, 6.45) is 1.86. The third kappa shape index (κ3) is 3.92. The van der Waals surface area contributed by atoms with E-state index in [1.807, 2.05) is 0 Å². The summed E-state index contributed by atoms with van der Waals surface area (Å²) in [7, 11) is -3.77. The van der Waals surface area contributed by atoms with Crippen LogP contribution in [0.2, 0.25) is 0 Å². The highest BCUT2D eigenvalue weighted by Gasteiger charge is 2.24. The van der Waals surface area contributed by atoms with Crippen molar-refractivity contribution in [1.29, 1.82) is 0 Å². The second kappa shape index (κ2) is 6.53. The highest BCUT2D eigenvalue weighted by atomic mass is 32.2. The highest BCUT2D eigenvalue weighted by molar-refractivity contribution is 7.86. The Morgan fingerprint density at radius 2 is 1.90 bits per heavy atom. The van der Waals surface area contributed by atoms with Crippen molar-refractivity contribution in [3.05, 3.63) is 11.3 Å². The Balaban J connectivity index is 0.000000147. The number of hydrogen-bond donors (Lipinski definition) is 4. The van der Waals surface area contributed by atoms with Gasteiger partial charge in [0.25, 0.3) is 16.0 Å². The van der Waals surface area contributed by atoms with Crippen molar-refractivity contribution in [3.63, 3.8) is 0 Å². The van der Waals surface area contributed by atoms with Crippen LogP contribution in [0.15, 0.2) is 4.52 Å². The smallest absolute Gasteiger partial charge is 0.267 e. The molecule has 0 unspecified atom stereocenters. The predicted octanol–water partition coefficient (Wildman–Crippen LogP) is -0.348. The molecule has 0 amide bonds. The molecule has 0 bridgehead atoms. The number of piperidine rings is 1. The van der Waals surface area contributed by atoms with Gasteiger partial charge in [0.05, 0.1) is 17.4 Å². The Morgan fingerprint density at radius 3 is 2.45 bits per heavy atom. The van der Waals surface area contributed by atoms with Gasteiger partial charge in [0.2, 0.25) is 0 Å². The van der Waals surface area contributed by atoms with E-state index in [1.54, 1.807) is 0 Å². The van der Waals surface area contributed by atoms with Gasteiger partial charge in [0, 0.05) is 0 Å². The minimum Gasteiger partial charge on any atom is -0.491 e. The molecular weight excluding hydrogens is 286 g/mol. The van der Waals surface area contributed by atoms with E-state index >= 15 is 0 Å². The maximum Gasteiger partial charge on any atom is 0.267 e. The normalized spacial score (nSPS) is 19.9. The first-order chi connectivity index (χ1) is 9.48. The summed E-state index contributed by atoms with van der Waals surface area (Å²) < 4.78 is 34.4. The molecule has 2 aliphatic heterocycles. The molecule has 9 heteroatoms. The van der Waals surface area contributed by atoms with Gasteiger partial charge in [-0.25, -0.2) is 0 Å². The molecule has 4 N–H and O–H groups in total. The van der Waals surface area contributed by atoms with E-state index in [0.717, 1.165) is 24.3 Å². The van der Waals surface area contributed by atoms with Crippen LogP contribution in [-0.2, 0) is 23.1 Å². The second-order valence-corrected chi connectivity index (χ2v) is 6.50. The maximum atomic E-state index is 10.5. The van der Waals surface area contributed by atoms with Gasteiger partial charge < -0.3 is 20.3 Å². The Kier molecular flexibility index (Phi) is 4.97. The summed E-state index contributed by atoms with van der Waals surface area (Å²) in [5, 5.41) is 18.1. The van der Waals surface area contributed by atoms with Crippen molar-refractivity contribution in [2.45, 2.75) is 31.1 Å². The molecule has 1 aromatic heterocycles. The molecule has 114 valence electrons. The minimum atomic E-state index is -3.77. The van der Waals surface area contributed by atoms with Crippen molar-refractivity contribution in [2.75, 3.05) is 19.6 Å². The number of hydrogen-bond acceptors (Lipinski definition) is 7. The molecule has 0 spiro atoms. The highest BCUT2D eigenvalue weighted by Crippen LogP contribution is 2.22. The van der Waals surface area contributed by atoms with Crippen LogP contribution >= 0.6 is 0 Å². The number of rotatable bonds is 1. The number of aromatic nitrogens is 1. The standard InChI is InChI=1S/C6H8N2O2.C5H11NO3S/c9-6-4-1-2-7-3-5(4)10-8-6;7-10(8,9)5-1-3-6-4-2-5/h7H,1-3H2,(H,8,9);5-6H,1-4H2,(H,7,8,9). The Morgan fingerprint density at radius 1 is 1.20 bits per heavy atom. The Bertz CT molecular complexity index is 536. The first-order valence-electron chi connectivity index (χ1n) is 6.52. The van der Waals surface area contributed by atoms with E-state index < -0.39 is 15.4 Å². The van der Waals surface area contributed by atoms with Gasteiger partial charge in [-0.2, -0.15) is 8.42 Å². The molecule has 0 saturated carbocycles. The van der Waals surface area contributed by atoms with Gasteiger partial charge in [0.15, 0.2) is 5.76 Å². The van der Waals surface area contributed by atoms with Crippen molar-refractivity contribution >= 4 is 10.1 Å². The van der Waals surface area contributed by atoms with E-state index in [2.05, 4.69) is 15.8 Å². The summed E-state index contributed by atoms with van der Waals surface area (Å²) >= 11 is 0. The van der Waals surface area contributed by atoms with Crippen LogP contribution in [0.1, 0.15) is 24.2 Å². The van der Waals surface area contributed by atoms with Crippen LogP contribution in [0, 0.1) is 0 Å². The van der Waals surface area contributed by atoms with Gasteiger partial charge in [0.1, 0.15) is 0 Å². The molecule has 0 aromatic carbocycles. The fourth-order valence-electron chi connectivity index (χ4n) is 2.23. The fraction of sp³-hybridized carbons (Fsp3) is 0.727. The van der Waals surface area contributed by atoms with Crippen molar-refractivity contribution in [1.82, 2.24) is 15.8 Å². The van der Waals surface area contributed by atoms with Crippen LogP contribution in [0.4, 0.5) is 0 Å². The lowest BCUT2D eigenvalue weighted by Gasteiger charge is -2.19. The van der Waals surface area contributed by atoms with Crippen molar-refractivity contribution in [3.8, 4) is 5.88 Å². The zero-order valence-electron chi connectivity index (χ0n) is 11.0. The maximum absolute atomic E-state index is 10.5. The fourth-order valence-corrected chi connectivity index (χ4v) is 3.06. The summed E-state index contributed by atoms with van der Waals surface area (Å²) in [5.41, 5.74) is 0.860. The molecule has 0 radical (unpaired) electrons. The zero-order chi connectivity index (χ0) is 14.6. The van der Waals surface area contributed by atoms with Gasteiger partial charge in [-0.1, -0.05) is 0 Å². The molecule has 1 aromatic rings. The first-order valence-corrected chi connectivity index (χ1v) is 8.03. The molecule has 3 heterocycles. The van der Waals surface area contributed by atoms with Gasteiger partial charge in [-0.05, 0) is 44.1 Å².